The number of likely N-dealkylation sites (tertiary alicyclic amines) is 2. The van der Waals surface area contributed by atoms with Gasteiger partial charge in [0, 0.05) is 30.2 Å². The maximum Gasteiger partial charge on any atom is 0.256 e. The number of carbonyl (C=O) groups excluding carboxylic acids is 1. The molecule has 2 aromatic rings. The summed E-state index contributed by atoms with van der Waals surface area (Å²) < 4.78 is 0. The van der Waals surface area contributed by atoms with E-state index >= 15 is 0 Å². The highest BCUT2D eigenvalue weighted by Gasteiger charge is 2.29. The van der Waals surface area contributed by atoms with Crippen LogP contribution in [0.1, 0.15) is 36.0 Å². The van der Waals surface area contributed by atoms with E-state index in [0.717, 1.165) is 41.4 Å². The van der Waals surface area contributed by atoms with Gasteiger partial charge in [0.2, 0.25) is 0 Å². The van der Waals surface area contributed by atoms with Crippen LogP contribution < -0.4 is 0 Å². The number of benzene rings is 1. The van der Waals surface area contributed by atoms with Gasteiger partial charge in [-0.15, -0.1) is 0 Å². The lowest BCUT2D eigenvalue weighted by Crippen LogP contribution is -2.46. The van der Waals surface area contributed by atoms with Gasteiger partial charge in [-0.25, -0.2) is 4.98 Å². The monoisotopic (exact) mass is 367 g/mol. The van der Waals surface area contributed by atoms with E-state index in [-0.39, 0.29) is 5.91 Å². The average Bonchev–Trinajstić information content (AvgIpc) is 3.24. The lowest BCUT2D eigenvalue weighted by Gasteiger charge is -2.36. The van der Waals surface area contributed by atoms with Crippen molar-refractivity contribution in [3.8, 4) is 0 Å². The number of hydrogen-bond donors (Lipinski definition) is 0. The number of hydrogen-bond acceptors (Lipinski definition) is 4. The van der Waals surface area contributed by atoms with Crippen molar-refractivity contribution in [2.75, 3.05) is 26.2 Å². The summed E-state index contributed by atoms with van der Waals surface area (Å²) in [5.74, 6) is 0.122. The molecule has 0 aliphatic carbocycles. The van der Waals surface area contributed by atoms with Crippen LogP contribution in [0.2, 0.25) is 0 Å². The molecule has 4 nitrogen and oxygen atoms in total. The van der Waals surface area contributed by atoms with Gasteiger partial charge in [0.25, 0.3) is 5.91 Å². The SMILES string of the molecule is O=C(c1cccnc1Sc1ccccc1)N1CCC(N2CCCC2)CC1. The predicted molar refractivity (Wildman–Crippen MR) is 105 cm³/mol. The van der Waals surface area contributed by atoms with Crippen molar-refractivity contribution in [3.05, 3.63) is 54.2 Å². The predicted octanol–water partition coefficient (Wildman–Crippen LogP) is 3.93. The molecule has 2 aliphatic heterocycles. The Morgan fingerprint density at radius 1 is 0.962 bits per heavy atom. The fourth-order valence-electron chi connectivity index (χ4n) is 3.95. The second-order valence-corrected chi connectivity index (χ2v) is 8.10. The molecule has 0 saturated carbocycles. The molecule has 1 aromatic carbocycles. The molecule has 0 unspecified atom stereocenters. The van der Waals surface area contributed by atoms with Crippen molar-refractivity contribution < 1.29 is 4.79 Å². The van der Waals surface area contributed by atoms with Crippen molar-refractivity contribution >= 4 is 17.7 Å². The Morgan fingerprint density at radius 3 is 2.42 bits per heavy atom. The molecular weight excluding hydrogens is 342 g/mol. The number of pyridine rings is 1. The van der Waals surface area contributed by atoms with Crippen LogP contribution in [0.4, 0.5) is 0 Å². The van der Waals surface area contributed by atoms with E-state index in [4.69, 9.17) is 0 Å². The van der Waals surface area contributed by atoms with E-state index in [9.17, 15) is 4.79 Å². The maximum absolute atomic E-state index is 13.1. The largest absolute Gasteiger partial charge is 0.338 e. The van der Waals surface area contributed by atoms with Crippen LogP contribution in [0.3, 0.4) is 0 Å². The second-order valence-electron chi connectivity index (χ2n) is 7.04. The first-order valence-electron chi connectivity index (χ1n) is 9.52. The third-order valence-corrected chi connectivity index (χ3v) is 6.39. The minimum absolute atomic E-state index is 0.122. The highest BCUT2D eigenvalue weighted by atomic mass is 32.2. The van der Waals surface area contributed by atoms with Gasteiger partial charge in [0.1, 0.15) is 5.03 Å². The minimum atomic E-state index is 0.122. The molecule has 0 N–H and O–H groups in total. The first-order valence-corrected chi connectivity index (χ1v) is 10.3. The van der Waals surface area contributed by atoms with Gasteiger partial charge in [-0.1, -0.05) is 30.0 Å². The molecule has 4 rings (SSSR count). The summed E-state index contributed by atoms with van der Waals surface area (Å²) >= 11 is 1.56. The Hall–Kier alpha value is -1.85. The second kappa shape index (κ2) is 8.23. The van der Waals surface area contributed by atoms with Crippen molar-refractivity contribution in [1.82, 2.24) is 14.8 Å². The van der Waals surface area contributed by atoms with Gasteiger partial charge in [-0.2, -0.15) is 0 Å². The van der Waals surface area contributed by atoms with Gasteiger partial charge in [0.05, 0.1) is 5.56 Å². The first kappa shape index (κ1) is 17.6. The van der Waals surface area contributed by atoms with Crippen molar-refractivity contribution in [3.63, 3.8) is 0 Å². The Morgan fingerprint density at radius 2 is 1.69 bits per heavy atom. The van der Waals surface area contributed by atoms with Gasteiger partial charge in [-0.3, -0.25) is 4.79 Å². The highest BCUT2D eigenvalue weighted by molar-refractivity contribution is 7.99. The summed E-state index contributed by atoms with van der Waals surface area (Å²) in [5, 5.41) is 0.797. The zero-order valence-corrected chi connectivity index (χ0v) is 15.8. The lowest BCUT2D eigenvalue weighted by atomic mass is 10.0. The van der Waals surface area contributed by atoms with Crippen LogP contribution in [-0.4, -0.2) is 52.9 Å². The van der Waals surface area contributed by atoms with Gasteiger partial charge in [-0.05, 0) is 63.0 Å². The molecule has 0 radical (unpaired) electrons. The normalized spacial score (nSPS) is 19.0. The number of piperidine rings is 1. The van der Waals surface area contributed by atoms with E-state index in [2.05, 4.69) is 22.0 Å². The van der Waals surface area contributed by atoms with Gasteiger partial charge in [0.15, 0.2) is 0 Å². The zero-order chi connectivity index (χ0) is 17.8. The quantitative estimate of drug-likeness (QED) is 0.820. The molecule has 0 spiro atoms. The van der Waals surface area contributed by atoms with Crippen LogP contribution >= 0.6 is 11.8 Å². The van der Waals surface area contributed by atoms with Crippen LogP contribution in [0.25, 0.3) is 0 Å². The Labute approximate surface area is 159 Å². The Balaban J connectivity index is 1.43. The summed E-state index contributed by atoms with van der Waals surface area (Å²) in [6.45, 7) is 4.17. The molecule has 1 aromatic heterocycles. The van der Waals surface area contributed by atoms with Crippen LogP contribution in [0, 0.1) is 0 Å². The topological polar surface area (TPSA) is 36.4 Å². The van der Waals surface area contributed by atoms with E-state index in [1.54, 1.807) is 18.0 Å². The van der Waals surface area contributed by atoms with Crippen LogP contribution in [0.5, 0.6) is 0 Å². The van der Waals surface area contributed by atoms with Gasteiger partial charge < -0.3 is 9.80 Å². The number of amides is 1. The Bertz CT molecular complexity index is 738. The lowest BCUT2D eigenvalue weighted by molar-refractivity contribution is 0.0640. The molecular formula is C21H25N3OS. The van der Waals surface area contributed by atoms with E-state index in [0.29, 0.717) is 6.04 Å². The van der Waals surface area contributed by atoms with E-state index < -0.39 is 0 Å². The highest BCUT2D eigenvalue weighted by Crippen LogP contribution is 2.30. The summed E-state index contributed by atoms with van der Waals surface area (Å²) in [6, 6.07) is 14.6. The molecule has 2 fully saturated rings. The average molecular weight is 368 g/mol. The molecule has 2 saturated heterocycles. The molecule has 2 aliphatic rings. The number of carbonyl (C=O) groups is 1. The standard InChI is InChI=1S/C21H25N3OS/c25-21(24-15-10-17(11-16-24)23-13-4-5-14-23)19-9-6-12-22-20(19)26-18-7-2-1-3-8-18/h1-3,6-9,12,17H,4-5,10-11,13-16H2. The molecule has 1 amide bonds. The maximum atomic E-state index is 13.1. The number of aromatic nitrogens is 1. The number of nitrogens with zero attached hydrogens (tertiary/aromatic N) is 3. The molecule has 26 heavy (non-hydrogen) atoms. The zero-order valence-electron chi connectivity index (χ0n) is 15.0. The minimum Gasteiger partial charge on any atom is -0.338 e. The smallest absolute Gasteiger partial charge is 0.256 e. The fraction of sp³-hybridized carbons (Fsp3) is 0.429. The summed E-state index contributed by atoms with van der Waals surface area (Å²) in [5.41, 5.74) is 0.723. The third-order valence-electron chi connectivity index (χ3n) is 5.37. The van der Waals surface area contributed by atoms with E-state index in [1.165, 1.54) is 25.9 Å². The number of rotatable bonds is 4. The summed E-state index contributed by atoms with van der Waals surface area (Å²) in [6.07, 6.45) is 6.60. The van der Waals surface area contributed by atoms with Crippen LogP contribution in [0.15, 0.2) is 58.6 Å². The molecule has 136 valence electrons. The third kappa shape index (κ3) is 3.94. The molecule has 0 bridgehead atoms. The van der Waals surface area contributed by atoms with Crippen molar-refractivity contribution in [2.24, 2.45) is 0 Å². The summed E-state index contributed by atoms with van der Waals surface area (Å²) in [4.78, 5) is 23.3. The molecule has 3 heterocycles. The molecule has 0 atom stereocenters. The van der Waals surface area contributed by atoms with Crippen molar-refractivity contribution in [2.45, 2.75) is 41.6 Å². The van der Waals surface area contributed by atoms with Crippen LogP contribution in [-0.2, 0) is 0 Å². The van der Waals surface area contributed by atoms with E-state index in [1.807, 2.05) is 35.2 Å². The van der Waals surface area contributed by atoms with Crippen molar-refractivity contribution in [1.29, 1.82) is 0 Å². The Kier molecular flexibility index (Phi) is 5.56. The fourth-order valence-corrected chi connectivity index (χ4v) is 4.84. The molecule has 5 heteroatoms. The van der Waals surface area contributed by atoms with Gasteiger partial charge >= 0.3 is 0 Å². The summed E-state index contributed by atoms with van der Waals surface area (Å²) in [7, 11) is 0. The first-order chi connectivity index (χ1) is 12.8.